The summed E-state index contributed by atoms with van der Waals surface area (Å²) in [4.78, 5) is 15.0. The molecule has 0 bridgehead atoms. The first-order valence-electron chi connectivity index (χ1n) is 4.10. The predicted molar refractivity (Wildman–Crippen MR) is 49.6 cm³/mol. The lowest BCUT2D eigenvalue weighted by Crippen LogP contribution is -2.17. The summed E-state index contributed by atoms with van der Waals surface area (Å²) >= 11 is 0. The van der Waals surface area contributed by atoms with E-state index in [1.807, 2.05) is 0 Å². The zero-order valence-corrected chi connectivity index (χ0v) is 7.80. The van der Waals surface area contributed by atoms with Crippen LogP contribution in [0.25, 0.3) is 0 Å². The molecule has 0 radical (unpaired) electrons. The van der Waals surface area contributed by atoms with Crippen molar-refractivity contribution in [3.63, 3.8) is 0 Å². The minimum atomic E-state index is -0.570. The third kappa shape index (κ3) is 2.27. The van der Waals surface area contributed by atoms with Crippen LogP contribution in [0.1, 0.15) is 22.2 Å². The van der Waals surface area contributed by atoms with Gasteiger partial charge in [0.05, 0.1) is 25.5 Å². The number of esters is 1. The fraction of sp³-hybridized carbons (Fsp3) is 0.333. The summed E-state index contributed by atoms with van der Waals surface area (Å²) in [6.07, 6.45) is 0. The topological polar surface area (TPSA) is 85.4 Å². The first kappa shape index (κ1) is 10.6. The van der Waals surface area contributed by atoms with E-state index in [9.17, 15) is 4.79 Å². The van der Waals surface area contributed by atoms with E-state index >= 15 is 0 Å². The van der Waals surface area contributed by atoms with Crippen LogP contribution in [-0.2, 0) is 4.74 Å². The molecule has 0 fully saturated rings. The summed E-state index contributed by atoms with van der Waals surface area (Å²) in [5.74, 6) is -0.517. The average molecular weight is 196 g/mol. The van der Waals surface area contributed by atoms with Crippen molar-refractivity contribution in [1.29, 1.82) is 0 Å². The Balaban J connectivity index is 2.95. The van der Waals surface area contributed by atoms with Crippen LogP contribution in [0, 0.1) is 0 Å². The SMILES string of the molecule is COC(=O)c1cccc([C@H](N)CO)n1. The molecule has 3 N–H and O–H groups in total. The highest BCUT2D eigenvalue weighted by atomic mass is 16.5. The smallest absolute Gasteiger partial charge is 0.356 e. The van der Waals surface area contributed by atoms with Crippen LogP contribution >= 0.6 is 0 Å². The third-order valence-corrected chi connectivity index (χ3v) is 1.74. The second kappa shape index (κ2) is 4.69. The van der Waals surface area contributed by atoms with Gasteiger partial charge in [0.15, 0.2) is 0 Å². The van der Waals surface area contributed by atoms with Crippen LogP contribution in [0.5, 0.6) is 0 Å². The lowest BCUT2D eigenvalue weighted by atomic mass is 10.2. The van der Waals surface area contributed by atoms with Crippen molar-refractivity contribution >= 4 is 5.97 Å². The van der Waals surface area contributed by atoms with E-state index in [2.05, 4.69) is 9.72 Å². The van der Waals surface area contributed by atoms with Crippen LogP contribution in [0.4, 0.5) is 0 Å². The number of aliphatic hydroxyl groups excluding tert-OH is 1. The van der Waals surface area contributed by atoms with Gasteiger partial charge in [0, 0.05) is 0 Å². The summed E-state index contributed by atoms with van der Waals surface area (Å²) < 4.78 is 4.50. The van der Waals surface area contributed by atoms with E-state index in [0.717, 1.165) is 0 Å². The van der Waals surface area contributed by atoms with Crippen molar-refractivity contribution in [3.8, 4) is 0 Å². The number of methoxy groups -OCH3 is 1. The van der Waals surface area contributed by atoms with Crippen LogP contribution in [0.15, 0.2) is 18.2 Å². The quantitative estimate of drug-likeness (QED) is 0.657. The molecule has 0 aromatic carbocycles. The van der Waals surface area contributed by atoms with Gasteiger partial charge in [-0.15, -0.1) is 0 Å². The molecule has 0 aliphatic heterocycles. The van der Waals surface area contributed by atoms with Crippen molar-refractivity contribution < 1.29 is 14.6 Å². The summed E-state index contributed by atoms with van der Waals surface area (Å²) in [5, 5.41) is 8.79. The summed E-state index contributed by atoms with van der Waals surface area (Å²) in [5.41, 5.74) is 6.20. The van der Waals surface area contributed by atoms with Crippen molar-refractivity contribution in [2.75, 3.05) is 13.7 Å². The zero-order valence-electron chi connectivity index (χ0n) is 7.80. The van der Waals surface area contributed by atoms with Crippen LogP contribution < -0.4 is 5.73 Å². The van der Waals surface area contributed by atoms with Crippen LogP contribution in [0.3, 0.4) is 0 Å². The van der Waals surface area contributed by atoms with E-state index in [4.69, 9.17) is 10.8 Å². The molecule has 0 aliphatic carbocycles. The first-order valence-corrected chi connectivity index (χ1v) is 4.10. The molecule has 0 saturated heterocycles. The Morgan fingerprint density at radius 1 is 1.71 bits per heavy atom. The van der Waals surface area contributed by atoms with Crippen molar-refractivity contribution in [1.82, 2.24) is 4.98 Å². The Morgan fingerprint density at radius 2 is 2.43 bits per heavy atom. The molecule has 1 aromatic heterocycles. The Hall–Kier alpha value is -1.46. The predicted octanol–water partition coefficient (Wildman–Crippen LogP) is -0.140. The Bertz CT molecular complexity index is 328. The number of pyridine rings is 1. The summed E-state index contributed by atoms with van der Waals surface area (Å²) in [6, 6.07) is 4.25. The number of nitrogens with zero attached hydrogens (tertiary/aromatic N) is 1. The van der Waals surface area contributed by atoms with Crippen LogP contribution in [0.2, 0.25) is 0 Å². The highest BCUT2D eigenvalue weighted by Gasteiger charge is 2.10. The highest BCUT2D eigenvalue weighted by Crippen LogP contribution is 2.07. The fourth-order valence-corrected chi connectivity index (χ4v) is 0.970. The van der Waals surface area contributed by atoms with E-state index in [1.165, 1.54) is 13.2 Å². The molecule has 1 rings (SSSR count). The van der Waals surface area contributed by atoms with Gasteiger partial charge in [0.2, 0.25) is 0 Å². The molecule has 1 heterocycles. The Kier molecular flexibility index (Phi) is 3.55. The molecule has 5 nitrogen and oxygen atoms in total. The van der Waals surface area contributed by atoms with Gasteiger partial charge in [-0.25, -0.2) is 9.78 Å². The maximum absolute atomic E-state index is 11.1. The largest absolute Gasteiger partial charge is 0.464 e. The van der Waals surface area contributed by atoms with Crippen molar-refractivity contribution in [3.05, 3.63) is 29.6 Å². The average Bonchev–Trinajstić information content (AvgIpc) is 2.27. The fourth-order valence-electron chi connectivity index (χ4n) is 0.970. The lowest BCUT2D eigenvalue weighted by molar-refractivity contribution is 0.0593. The zero-order chi connectivity index (χ0) is 10.6. The number of carbonyl (C=O) groups excluding carboxylic acids is 1. The van der Waals surface area contributed by atoms with Crippen molar-refractivity contribution in [2.24, 2.45) is 5.73 Å². The van der Waals surface area contributed by atoms with E-state index in [-0.39, 0.29) is 12.3 Å². The van der Waals surface area contributed by atoms with Gasteiger partial charge in [-0.05, 0) is 12.1 Å². The van der Waals surface area contributed by atoms with Crippen LogP contribution in [-0.4, -0.2) is 29.8 Å². The van der Waals surface area contributed by atoms with Gasteiger partial charge in [0.1, 0.15) is 5.69 Å². The van der Waals surface area contributed by atoms with Gasteiger partial charge in [0.25, 0.3) is 0 Å². The van der Waals surface area contributed by atoms with Crippen molar-refractivity contribution in [2.45, 2.75) is 6.04 Å². The van der Waals surface area contributed by atoms with E-state index in [1.54, 1.807) is 12.1 Å². The second-order valence-electron chi connectivity index (χ2n) is 2.73. The number of aliphatic hydroxyl groups is 1. The molecule has 0 saturated carbocycles. The normalized spacial score (nSPS) is 12.2. The molecule has 1 atom stereocenters. The molecule has 0 aliphatic rings. The molecule has 1 aromatic rings. The van der Waals surface area contributed by atoms with Gasteiger partial charge in [-0.2, -0.15) is 0 Å². The molecule has 0 unspecified atom stereocenters. The minimum absolute atomic E-state index is 0.189. The van der Waals surface area contributed by atoms with E-state index < -0.39 is 12.0 Å². The maximum Gasteiger partial charge on any atom is 0.356 e. The Labute approximate surface area is 81.5 Å². The second-order valence-corrected chi connectivity index (χ2v) is 2.73. The number of hydrogen-bond donors (Lipinski definition) is 2. The molecular formula is C9H12N2O3. The molecule has 14 heavy (non-hydrogen) atoms. The van der Waals surface area contributed by atoms with E-state index in [0.29, 0.717) is 5.69 Å². The lowest BCUT2D eigenvalue weighted by Gasteiger charge is -2.07. The first-order chi connectivity index (χ1) is 6.69. The number of rotatable bonds is 3. The molecule has 76 valence electrons. The third-order valence-electron chi connectivity index (χ3n) is 1.74. The number of ether oxygens (including phenoxy) is 1. The number of aromatic nitrogens is 1. The summed E-state index contributed by atoms with van der Waals surface area (Å²) in [7, 11) is 1.28. The van der Waals surface area contributed by atoms with Gasteiger partial charge in [-0.3, -0.25) is 0 Å². The molecule has 0 spiro atoms. The monoisotopic (exact) mass is 196 g/mol. The van der Waals surface area contributed by atoms with Gasteiger partial charge >= 0.3 is 5.97 Å². The summed E-state index contributed by atoms with van der Waals surface area (Å²) in [6.45, 7) is -0.211. The number of carbonyl (C=O) groups is 1. The van der Waals surface area contributed by atoms with Gasteiger partial charge in [-0.1, -0.05) is 6.07 Å². The minimum Gasteiger partial charge on any atom is -0.464 e. The molecular weight excluding hydrogens is 184 g/mol. The maximum atomic E-state index is 11.1. The Morgan fingerprint density at radius 3 is 3.00 bits per heavy atom. The number of nitrogens with two attached hydrogens (primary N) is 1. The number of hydrogen-bond acceptors (Lipinski definition) is 5. The van der Waals surface area contributed by atoms with Gasteiger partial charge < -0.3 is 15.6 Å². The molecule has 5 heteroatoms. The molecule has 0 amide bonds. The highest BCUT2D eigenvalue weighted by molar-refractivity contribution is 5.87. The standard InChI is InChI=1S/C9H12N2O3/c1-14-9(13)8-4-2-3-7(11-8)6(10)5-12/h2-4,6,12H,5,10H2,1H3/t6-/m1/s1.